The summed E-state index contributed by atoms with van der Waals surface area (Å²) in [5.74, 6) is 0. The van der Waals surface area contributed by atoms with Crippen LogP contribution < -0.4 is 5.73 Å². The Morgan fingerprint density at radius 3 is 2.58 bits per heavy atom. The van der Waals surface area contributed by atoms with Crippen LogP contribution in [0.2, 0.25) is 0 Å². The van der Waals surface area contributed by atoms with E-state index in [2.05, 4.69) is 32.6 Å². The number of rotatable bonds is 7. The van der Waals surface area contributed by atoms with Crippen molar-refractivity contribution in [1.29, 1.82) is 0 Å². The summed E-state index contributed by atoms with van der Waals surface area (Å²) < 4.78 is 11.3. The maximum absolute atomic E-state index is 6.19. The first-order chi connectivity index (χ1) is 8.97. The fourth-order valence-corrected chi connectivity index (χ4v) is 3.53. The van der Waals surface area contributed by atoms with Crippen LogP contribution in [-0.4, -0.2) is 55.5 Å². The summed E-state index contributed by atoms with van der Waals surface area (Å²) >= 11 is 0. The van der Waals surface area contributed by atoms with Crippen molar-refractivity contribution in [2.45, 2.75) is 64.1 Å². The predicted molar refractivity (Wildman–Crippen MR) is 79.4 cm³/mol. The molecular formula is C15H32N2O2. The van der Waals surface area contributed by atoms with E-state index in [1.807, 2.05) is 0 Å². The molecule has 1 rings (SSSR count). The van der Waals surface area contributed by atoms with Crippen molar-refractivity contribution in [1.82, 2.24) is 4.90 Å². The first-order valence-electron chi connectivity index (χ1n) is 7.56. The Balaban J connectivity index is 2.93. The van der Waals surface area contributed by atoms with Crippen molar-refractivity contribution < 1.29 is 9.47 Å². The van der Waals surface area contributed by atoms with Gasteiger partial charge in [0.05, 0.1) is 12.2 Å². The van der Waals surface area contributed by atoms with Crippen molar-refractivity contribution in [3.05, 3.63) is 0 Å². The number of hydrogen-bond acceptors (Lipinski definition) is 4. The van der Waals surface area contributed by atoms with Gasteiger partial charge in [-0.25, -0.2) is 0 Å². The third kappa shape index (κ3) is 3.69. The van der Waals surface area contributed by atoms with Gasteiger partial charge in [0.2, 0.25) is 0 Å². The van der Waals surface area contributed by atoms with Crippen molar-refractivity contribution in [3.8, 4) is 0 Å². The normalized spacial score (nSPS) is 33.6. The lowest BCUT2D eigenvalue weighted by Gasteiger charge is -2.53. The molecule has 0 radical (unpaired) electrons. The number of likely N-dealkylation sites (N-methyl/N-ethyl adjacent to an activating group) is 1. The molecule has 0 aromatic heterocycles. The molecule has 0 saturated carbocycles. The summed E-state index contributed by atoms with van der Waals surface area (Å²) in [5, 5.41) is 0. The molecule has 1 aliphatic heterocycles. The minimum absolute atomic E-state index is 0.0438. The van der Waals surface area contributed by atoms with Crippen LogP contribution in [-0.2, 0) is 9.47 Å². The second-order valence-corrected chi connectivity index (χ2v) is 6.10. The summed E-state index contributed by atoms with van der Waals surface area (Å²) in [7, 11) is 1.76. The smallest absolute Gasteiger partial charge is 0.0670 e. The Labute approximate surface area is 118 Å². The predicted octanol–water partition coefficient (Wildman–Crippen LogP) is 2.02. The molecule has 0 aromatic rings. The molecule has 1 fully saturated rings. The monoisotopic (exact) mass is 272 g/mol. The van der Waals surface area contributed by atoms with E-state index in [-0.39, 0.29) is 11.1 Å². The second kappa shape index (κ2) is 7.02. The molecular weight excluding hydrogens is 240 g/mol. The zero-order valence-corrected chi connectivity index (χ0v) is 13.4. The highest BCUT2D eigenvalue weighted by Crippen LogP contribution is 2.38. The quantitative estimate of drug-likeness (QED) is 0.770. The van der Waals surface area contributed by atoms with Gasteiger partial charge in [-0.15, -0.1) is 0 Å². The Morgan fingerprint density at radius 1 is 1.42 bits per heavy atom. The Bertz CT molecular complexity index is 275. The SMILES string of the molecule is CCN(C(C)COC)C1(CN)CCOC(C)(CC)C1. The lowest BCUT2D eigenvalue weighted by atomic mass is 9.77. The number of nitrogens with two attached hydrogens (primary N) is 1. The van der Waals surface area contributed by atoms with Crippen molar-refractivity contribution in [2.75, 3.05) is 33.4 Å². The molecule has 114 valence electrons. The highest BCUT2D eigenvalue weighted by Gasteiger charge is 2.46. The fraction of sp³-hybridized carbons (Fsp3) is 1.00. The van der Waals surface area contributed by atoms with E-state index in [1.54, 1.807) is 7.11 Å². The van der Waals surface area contributed by atoms with E-state index < -0.39 is 0 Å². The van der Waals surface area contributed by atoms with Crippen LogP contribution in [0.15, 0.2) is 0 Å². The molecule has 1 aliphatic rings. The van der Waals surface area contributed by atoms with E-state index >= 15 is 0 Å². The van der Waals surface area contributed by atoms with Crippen molar-refractivity contribution >= 4 is 0 Å². The molecule has 3 unspecified atom stereocenters. The molecule has 19 heavy (non-hydrogen) atoms. The molecule has 0 aromatic carbocycles. The van der Waals surface area contributed by atoms with Crippen LogP contribution in [0, 0.1) is 0 Å². The lowest BCUT2D eigenvalue weighted by molar-refractivity contribution is -0.138. The first-order valence-corrected chi connectivity index (χ1v) is 7.56. The summed E-state index contributed by atoms with van der Waals surface area (Å²) in [6, 6.07) is 0.387. The summed E-state index contributed by atoms with van der Waals surface area (Å²) in [6.45, 7) is 12.1. The third-order valence-electron chi connectivity index (χ3n) is 4.74. The van der Waals surface area contributed by atoms with Crippen molar-refractivity contribution in [2.24, 2.45) is 5.73 Å². The topological polar surface area (TPSA) is 47.7 Å². The van der Waals surface area contributed by atoms with Gasteiger partial charge in [0, 0.05) is 31.8 Å². The van der Waals surface area contributed by atoms with Gasteiger partial charge >= 0.3 is 0 Å². The maximum Gasteiger partial charge on any atom is 0.0670 e. The Hall–Kier alpha value is -0.160. The van der Waals surface area contributed by atoms with Gasteiger partial charge in [-0.1, -0.05) is 13.8 Å². The molecule has 0 aliphatic carbocycles. The van der Waals surface area contributed by atoms with E-state index in [0.717, 1.165) is 39.0 Å². The van der Waals surface area contributed by atoms with E-state index in [1.165, 1.54) is 0 Å². The molecule has 3 atom stereocenters. The van der Waals surface area contributed by atoms with Crippen LogP contribution in [0.25, 0.3) is 0 Å². The summed E-state index contributed by atoms with van der Waals surface area (Å²) in [4.78, 5) is 2.52. The fourth-order valence-electron chi connectivity index (χ4n) is 3.53. The van der Waals surface area contributed by atoms with Gasteiger partial charge in [-0.2, -0.15) is 0 Å². The first kappa shape index (κ1) is 16.9. The molecule has 2 N–H and O–H groups in total. The third-order valence-corrected chi connectivity index (χ3v) is 4.74. The highest BCUT2D eigenvalue weighted by molar-refractivity contribution is 5.01. The number of hydrogen-bond donors (Lipinski definition) is 1. The number of methoxy groups -OCH3 is 1. The highest BCUT2D eigenvalue weighted by atomic mass is 16.5. The molecule has 4 nitrogen and oxygen atoms in total. The summed E-state index contributed by atoms with van der Waals surface area (Å²) in [5.41, 5.74) is 6.19. The van der Waals surface area contributed by atoms with E-state index in [4.69, 9.17) is 15.2 Å². The molecule has 0 spiro atoms. The van der Waals surface area contributed by atoms with Crippen LogP contribution >= 0.6 is 0 Å². The van der Waals surface area contributed by atoms with Gasteiger partial charge in [0.1, 0.15) is 0 Å². The van der Waals surface area contributed by atoms with Crippen molar-refractivity contribution in [3.63, 3.8) is 0 Å². The van der Waals surface area contributed by atoms with Crippen LogP contribution in [0.5, 0.6) is 0 Å². The van der Waals surface area contributed by atoms with Crippen LogP contribution in [0.3, 0.4) is 0 Å². The zero-order valence-electron chi connectivity index (χ0n) is 13.4. The Kier molecular flexibility index (Phi) is 6.24. The van der Waals surface area contributed by atoms with Gasteiger partial charge in [-0.05, 0) is 39.7 Å². The van der Waals surface area contributed by atoms with Crippen LogP contribution in [0.4, 0.5) is 0 Å². The van der Waals surface area contributed by atoms with Gasteiger partial charge in [0.25, 0.3) is 0 Å². The minimum Gasteiger partial charge on any atom is -0.383 e. The van der Waals surface area contributed by atoms with Crippen LogP contribution in [0.1, 0.15) is 47.0 Å². The molecule has 1 heterocycles. The van der Waals surface area contributed by atoms with E-state index in [0.29, 0.717) is 12.6 Å². The Morgan fingerprint density at radius 2 is 2.11 bits per heavy atom. The molecule has 4 heteroatoms. The number of nitrogens with zero attached hydrogens (tertiary/aromatic N) is 1. The van der Waals surface area contributed by atoms with Gasteiger partial charge < -0.3 is 15.2 Å². The largest absolute Gasteiger partial charge is 0.383 e. The molecule has 1 saturated heterocycles. The minimum atomic E-state index is -0.0438. The average molecular weight is 272 g/mol. The number of ether oxygens (including phenoxy) is 2. The van der Waals surface area contributed by atoms with Gasteiger partial charge in [0.15, 0.2) is 0 Å². The van der Waals surface area contributed by atoms with E-state index in [9.17, 15) is 0 Å². The zero-order chi connectivity index (χ0) is 14.5. The molecule has 0 amide bonds. The maximum atomic E-state index is 6.19. The molecule has 0 bridgehead atoms. The second-order valence-electron chi connectivity index (χ2n) is 6.10. The lowest BCUT2D eigenvalue weighted by Crippen LogP contribution is -2.63. The average Bonchev–Trinajstić information content (AvgIpc) is 2.40. The van der Waals surface area contributed by atoms with Gasteiger partial charge in [-0.3, -0.25) is 4.90 Å². The standard InChI is InChI=1S/C15H32N2O2/c1-6-14(4)11-15(12-16,8-9-19-14)17(7-2)13(3)10-18-5/h13H,6-12,16H2,1-5H3. The summed E-state index contributed by atoms with van der Waals surface area (Å²) in [6.07, 6.45) is 3.06.